The third-order valence-electron chi connectivity index (χ3n) is 2.71. The predicted molar refractivity (Wildman–Crippen MR) is 64.3 cm³/mol. The monoisotopic (exact) mass is 288 g/mol. The smallest absolute Gasteiger partial charge is 0.399 e. The number of hydrogen-bond donors (Lipinski definition) is 1. The summed E-state index contributed by atoms with van der Waals surface area (Å²) in [6.45, 7) is 0. The van der Waals surface area contributed by atoms with Crippen molar-refractivity contribution >= 4 is 11.9 Å². The number of aliphatic hydroxyl groups is 1. The van der Waals surface area contributed by atoms with E-state index in [-0.39, 0.29) is 5.71 Å². The van der Waals surface area contributed by atoms with Crippen molar-refractivity contribution in [3.8, 4) is 0 Å². The molecular weight excluding hydrogens is 277 g/mol. The third kappa shape index (κ3) is 2.74. The summed E-state index contributed by atoms with van der Waals surface area (Å²) in [7, 11) is 1.40. The molecule has 0 amide bonds. The van der Waals surface area contributed by atoms with Gasteiger partial charge in [0.15, 0.2) is 0 Å². The second-order valence-electron chi connectivity index (χ2n) is 4.13. The van der Waals surface area contributed by atoms with Gasteiger partial charge in [0.05, 0.1) is 18.3 Å². The minimum Gasteiger partial charge on any atom is -0.399 e. The highest BCUT2D eigenvalue weighted by Gasteiger charge is 2.60. The Hall–Kier alpha value is -2.09. The van der Waals surface area contributed by atoms with Crippen LogP contribution in [0.15, 0.2) is 34.6 Å². The van der Waals surface area contributed by atoms with Crippen LogP contribution in [-0.4, -0.2) is 36.1 Å². The molecule has 1 aliphatic heterocycles. The van der Waals surface area contributed by atoms with Gasteiger partial charge in [-0.1, -0.05) is 34.6 Å². The summed E-state index contributed by atoms with van der Waals surface area (Å²) >= 11 is 0. The minimum atomic E-state index is -4.90. The van der Waals surface area contributed by atoms with Crippen molar-refractivity contribution in [2.24, 2.45) is 10.3 Å². The number of oxime groups is 2. The molecule has 0 saturated heterocycles. The van der Waals surface area contributed by atoms with Crippen molar-refractivity contribution in [3.05, 3.63) is 35.4 Å². The SMILES string of the molecule is CON=Cc1ccc(C2=NOC(O)(C(F)(F)F)C2)cc1. The summed E-state index contributed by atoms with van der Waals surface area (Å²) in [6.07, 6.45) is -4.20. The van der Waals surface area contributed by atoms with E-state index in [1.807, 2.05) is 0 Å². The molecule has 8 heteroatoms. The Bertz CT molecular complexity index is 540. The molecule has 108 valence electrons. The van der Waals surface area contributed by atoms with Gasteiger partial charge >= 0.3 is 12.0 Å². The third-order valence-corrected chi connectivity index (χ3v) is 2.71. The molecule has 1 aromatic carbocycles. The highest BCUT2D eigenvalue weighted by atomic mass is 19.4. The summed E-state index contributed by atoms with van der Waals surface area (Å²) < 4.78 is 37.7. The highest BCUT2D eigenvalue weighted by molar-refractivity contribution is 6.02. The summed E-state index contributed by atoms with van der Waals surface area (Å²) in [5, 5.41) is 16.2. The number of hydrogen-bond acceptors (Lipinski definition) is 5. The van der Waals surface area contributed by atoms with Crippen molar-refractivity contribution in [1.82, 2.24) is 0 Å². The molecule has 1 heterocycles. The number of rotatable bonds is 3. The Morgan fingerprint density at radius 2 is 2.05 bits per heavy atom. The lowest BCUT2D eigenvalue weighted by molar-refractivity contribution is -0.355. The van der Waals surface area contributed by atoms with Gasteiger partial charge in [-0.3, -0.25) is 0 Å². The average Bonchev–Trinajstić information content (AvgIpc) is 2.80. The number of alkyl halides is 3. The molecule has 0 spiro atoms. The van der Waals surface area contributed by atoms with Gasteiger partial charge < -0.3 is 14.8 Å². The predicted octanol–water partition coefficient (Wildman–Crippen LogP) is 2.04. The number of halogens is 3. The maximum absolute atomic E-state index is 12.6. The van der Waals surface area contributed by atoms with Crippen LogP contribution in [0.25, 0.3) is 0 Å². The summed E-state index contributed by atoms with van der Waals surface area (Å²) in [5.41, 5.74) is 1.17. The van der Waals surface area contributed by atoms with Crippen LogP contribution in [0, 0.1) is 0 Å². The maximum atomic E-state index is 12.6. The van der Waals surface area contributed by atoms with Gasteiger partial charge in [0.1, 0.15) is 7.11 Å². The van der Waals surface area contributed by atoms with E-state index in [1.165, 1.54) is 13.3 Å². The lowest BCUT2D eigenvalue weighted by Gasteiger charge is -2.22. The van der Waals surface area contributed by atoms with Gasteiger partial charge in [-0.15, -0.1) is 0 Å². The fourth-order valence-electron chi connectivity index (χ4n) is 1.60. The van der Waals surface area contributed by atoms with Crippen molar-refractivity contribution < 1.29 is 28.0 Å². The van der Waals surface area contributed by atoms with E-state index in [0.717, 1.165) is 0 Å². The number of benzene rings is 1. The fraction of sp³-hybridized carbons (Fsp3) is 0.333. The summed E-state index contributed by atoms with van der Waals surface area (Å²) in [5.74, 6) is -3.25. The quantitative estimate of drug-likeness (QED) is 0.684. The second kappa shape index (κ2) is 5.12. The second-order valence-corrected chi connectivity index (χ2v) is 4.13. The van der Waals surface area contributed by atoms with Gasteiger partial charge in [0.2, 0.25) is 0 Å². The van der Waals surface area contributed by atoms with E-state index in [0.29, 0.717) is 11.1 Å². The van der Waals surface area contributed by atoms with Crippen LogP contribution in [-0.2, 0) is 9.68 Å². The standard InChI is InChI=1S/C12H11F3N2O3/c1-19-16-7-8-2-4-9(5-3-8)10-6-11(18,20-17-10)12(13,14)15/h2-5,7,18H,6H2,1H3. The first-order valence-electron chi connectivity index (χ1n) is 5.57. The first-order valence-corrected chi connectivity index (χ1v) is 5.57. The Kier molecular flexibility index (Phi) is 3.67. The van der Waals surface area contributed by atoms with Crippen LogP contribution in [0.3, 0.4) is 0 Å². The normalized spacial score (nSPS) is 22.8. The van der Waals surface area contributed by atoms with Crippen molar-refractivity contribution in [1.29, 1.82) is 0 Å². The zero-order chi connectivity index (χ0) is 14.8. The molecule has 1 N–H and O–H groups in total. The van der Waals surface area contributed by atoms with Gasteiger partial charge in [0, 0.05) is 0 Å². The average molecular weight is 288 g/mol. The van der Waals surface area contributed by atoms with E-state index in [1.54, 1.807) is 24.3 Å². The molecule has 1 aliphatic rings. The Labute approximate surface area is 112 Å². The van der Waals surface area contributed by atoms with Crippen molar-refractivity contribution in [2.45, 2.75) is 18.4 Å². The van der Waals surface area contributed by atoms with E-state index in [9.17, 15) is 18.3 Å². The molecule has 1 aromatic rings. The molecule has 1 atom stereocenters. The molecule has 0 bridgehead atoms. The molecule has 0 saturated carbocycles. The van der Waals surface area contributed by atoms with Crippen molar-refractivity contribution in [3.63, 3.8) is 0 Å². The van der Waals surface area contributed by atoms with Gasteiger partial charge in [-0.25, -0.2) is 0 Å². The van der Waals surface area contributed by atoms with Gasteiger partial charge in [-0.05, 0) is 11.1 Å². The van der Waals surface area contributed by atoms with Crippen LogP contribution in [0.5, 0.6) is 0 Å². The fourth-order valence-corrected chi connectivity index (χ4v) is 1.60. The van der Waals surface area contributed by atoms with Crippen molar-refractivity contribution in [2.75, 3.05) is 7.11 Å². The zero-order valence-corrected chi connectivity index (χ0v) is 10.4. The molecule has 1 unspecified atom stereocenters. The van der Waals surface area contributed by atoms with Crippen LogP contribution < -0.4 is 0 Å². The maximum Gasteiger partial charge on any atom is 0.458 e. The largest absolute Gasteiger partial charge is 0.458 e. The summed E-state index contributed by atoms with van der Waals surface area (Å²) in [6, 6.07) is 6.37. The van der Waals surface area contributed by atoms with Gasteiger partial charge in [0.25, 0.3) is 0 Å². The van der Waals surface area contributed by atoms with Crippen LogP contribution in [0.2, 0.25) is 0 Å². The molecule has 0 fully saturated rings. The molecule has 0 aromatic heterocycles. The first kappa shape index (κ1) is 14.3. The summed E-state index contributed by atoms with van der Waals surface area (Å²) in [4.78, 5) is 8.65. The van der Waals surface area contributed by atoms with E-state index in [4.69, 9.17) is 0 Å². The topological polar surface area (TPSA) is 63.4 Å². The molecule has 0 aliphatic carbocycles. The molecule has 20 heavy (non-hydrogen) atoms. The van der Waals surface area contributed by atoms with Crippen LogP contribution >= 0.6 is 0 Å². The van der Waals surface area contributed by atoms with Crippen LogP contribution in [0.1, 0.15) is 17.5 Å². The molecule has 0 radical (unpaired) electrons. The molecular formula is C12H11F3N2O3. The molecule has 5 nitrogen and oxygen atoms in total. The van der Waals surface area contributed by atoms with E-state index >= 15 is 0 Å². The van der Waals surface area contributed by atoms with Crippen LogP contribution in [0.4, 0.5) is 13.2 Å². The number of nitrogens with zero attached hydrogens (tertiary/aromatic N) is 2. The molecule has 2 rings (SSSR count). The Morgan fingerprint density at radius 1 is 1.40 bits per heavy atom. The minimum absolute atomic E-state index is 0.0278. The lowest BCUT2D eigenvalue weighted by atomic mass is 10.0. The van der Waals surface area contributed by atoms with Gasteiger partial charge in [-0.2, -0.15) is 13.2 Å². The Morgan fingerprint density at radius 3 is 2.55 bits per heavy atom. The highest BCUT2D eigenvalue weighted by Crippen LogP contribution is 2.38. The first-order chi connectivity index (χ1) is 9.36. The Balaban J connectivity index is 2.13. The zero-order valence-electron chi connectivity index (χ0n) is 10.4. The van der Waals surface area contributed by atoms with E-state index < -0.39 is 18.4 Å². The van der Waals surface area contributed by atoms with E-state index in [2.05, 4.69) is 20.0 Å². The lowest BCUT2D eigenvalue weighted by Crippen LogP contribution is -2.45.